The van der Waals surface area contributed by atoms with Crippen LogP contribution >= 0.6 is 15.9 Å². The summed E-state index contributed by atoms with van der Waals surface area (Å²) in [6.45, 7) is 0. The fourth-order valence-electron chi connectivity index (χ4n) is 1.87. The summed E-state index contributed by atoms with van der Waals surface area (Å²) in [5.74, 6) is -4.88. The van der Waals surface area contributed by atoms with Gasteiger partial charge >= 0.3 is 5.97 Å². The van der Waals surface area contributed by atoms with E-state index < -0.39 is 33.6 Å². The number of anilines is 1. The first-order valence-electron chi connectivity index (χ1n) is 5.66. The van der Waals surface area contributed by atoms with Gasteiger partial charge in [0.25, 0.3) is 0 Å². The van der Waals surface area contributed by atoms with Crippen molar-refractivity contribution >= 4 is 27.6 Å². The van der Waals surface area contributed by atoms with E-state index in [1.165, 1.54) is 0 Å². The Bertz CT molecular complexity index is 827. The predicted molar refractivity (Wildman–Crippen MR) is 73.8 cm³/mol. The van der Waals surface area contributed by atoms with Crippen LogP contribution in [-0.2, 0) is 4.74 Å². The van der Waals surface area contributed by atoms with Crippen molar-refractivity contribution in [1.82, 2.24) is 4.57 Å². The molecule has 9 heteroatoms. The molecular weight excluding hydrogens is 367 g/mol. The van der Waals surface area contributed by atoms with Gasteiger partial charge in [0.1, 0.15) is 6.07 Å². The average molecular weight is 374 g/mol. The van der Waals surface area contributed by atoms with E-state index in [1.807, 2.05) is 0 Å². The summed E-state index contributed by atoms with van der Waals surface area (Å²) in [4.78, 5) is 11.8. The lowest BCUT2D eigenvalue weighted by molar-refractivity contribution is 0.0593. The van der Waals surface area contributed by atoms with E-state index in [0.29, 0.717) is 6.07 Å². The molecule has 0 bridgehead atoms. The molecule has 2 rings (SSSR count). The quantitative estimate of drug-likeness (QED) is 0.498. The molecule has 0 atom stereocenters. The van der Waals surface area contributed by atoms with Crippen molar-refractivity contribution in [2.24, 2.45) is 0 Å². The monoisotopic (exact) mass is 373 g/mol. The highest BCUT2D eigenvalue weighted by molar-refractivity contribution is 9.10. The Balaban J connectivity index is 2.88. The summed E-state index contributed by atoms with van der Waals surface area (Å²) in [7, 11) is 1.06. The van der Waals surface area contributed by atoms with Crippen LogP contribution in [0, 0.1) is 28.8 Å². The number of benzene rings is 1. The van der Waals surface area contributed by atoms with E-state index in [-0.39, 0.29) is 16.9 Å². The Labute approximate surface area is 130 Å². The van der Waals surface area contributed by atoms with E-state index >= 15 is 0 Å². The standard InChI is InChI=1S/C13H7BrF3N3O2/c1-22-13(21)12-10(19)5(3-18)4-20(12)11-7(16)2-6(15)9(17)8(11)14/h2,4H,19H2,1H3. The first-order chi connectivity index (χ1) is 10.3. The van der Waals surface area contributed by atoms with Crippen molar-refractivity contribution in [3.05, 3.63) is 45.4 Å². The second-order valence-corrected chi connectivity index (χ2v) is 4.89. The third-order valence-electron chi connectivity index (χ3n) is 2.87. The average Bonchev–Trinajstić information content (AvgIpc) is 2.80. The number of rotatable bonds is 2. The molecule has 2 N–H and O–H groups in total. The van der Waals surface area contributed by atoms with E-state index in [4.69, 9.17) is 11.0 Å². The van der Waals surface area contributed by atoms with Crippen molar-refractivity contribution in [2.75, 3.05) is 12.8 Å². The van der Waals surface area contributed by atoms with Gasteiger partial charge in [-0.1, -0.05) is 0 Å². The van der Waals surface area contributed by atoms with E-state index in [9.17, 15) is 18.0 Å². The van der Waals surface area contributed by atoms with Crippen LogP contribution in [0.25, 0.3) is 5.69 Å². The molecular formula is C13H7BrF3N3O2. The Morgan fingerprint density at radius 1 is 1.41 bits per heavy atom. The maximum absolute atomic E-state index is 14.0. The van der Waals surface area contributed by atoms with Crippen LogP contribution in [-0.4, -0.2) is 17.6 Å². The van der Waals surface area contributed by atoms with Crippen LogP contribution in [0.2, 0.25) is 0 Å². The number of carbonyl (C=O) groups excluding carboxylic acids is 1. The molecule has 0 aliphatic heterocycles. The smallest absolute Gasteiger partial charge is 0.357 e. The number of hydrogen-bond donors (Lipinski definition) is 1. The zero-order valence-electron chi connectivity index (χ0n) is 11.0. The number of nitrogens with zero attached hydrogens (tertiary/aromatic N) is 2. The third-order valence-corrected chi connectivity index (χ3v) is 3.60. The zero-order valence-corrected chi connectivity index (χ0v) is 12.5. The fraction of sp³-hybridized carbons (Fsp3) is 0.0769. The van der Waals surface area contributed by atoms with Gasteiger partial charge in [0.05, 0.1) is 28.5 Å². The number of nitrogen functional groups attached to an aromatic ring is 1. The largest absolute Gasteiger partial charge is 0.464 e. The zero-order chi connectivity index (χ0) is 16.6. The molecule has 0 amide bonds. The van der Waals surface area contributed by atoms with Crippen LogP contribution in [0.1, 0.15) is 16.1 Å². The molecule has 2 aromatic rings. The number of nitrogens with two attached hydrogens (primary N) is 1. The summed E-state index contributed by atoms with van der Waals surface area (Å²) < 4.78 is 45.7. The van der Waals surface area contributed by atoms with Crippen LogP contribution in [0.15, 0.2) is 16.7 Å². The van der Waals surface area contributed by atoms with Gasteiger partial charge < -0.3 is 15.0 Å². The lowest BCUT2D eigenvalue weighted by Gasteiger charge is -2.12. The van der Waals surface area contributed by atoms with E-state index in [1.54, 1.807) is 6.07 Å². The highest BCUT2D eigenvalue weighted by Gasteiger charge is 2.26. The molecule has 1 aromatic heterocycles. The van der Waals surface area contributed by atoms with Gasteiger partial charge in [0, 0.05) is 12.3 Å². The number of aromatic nitrogens is 1. The second kappa shape index (κ2) is 5.73. The summed E-state index contributed by atoms with van der Waals surface area (Å²) in [5.41, 5.74) is 4.37. The summed E-state index contributed by atoms with van der Waals surface area (Å²) in [6.07, 6.45) is 1.03. The Hall–Kier alpha value is -2.47. The van der Waals surface area contributed by atoms with Gasteiger partial charge in [-0.05, 0) is 15.9 Å². The molecule has 0 radical (unpaired) electrons. The first kappa shape index (κ1) is 15.9. The van der Waals surface area contributed by atoms with Crippen molar-refractivity contribution in [3.8, 4) is 11.8 Å². The van der Waals surface area contributed by atoms with Crippen molar-refractivity contribution < 1.29 is 22.7 Å². The molecule has 22 heavy (non-hydrogen) atoms. The van der Waals surface area contributed by atoms with Gasteiger partial charge in [-0.3, -0.25) is 0 Å². The predicted octanol–water partition coefficient (Wildman–Crippen LogP) is 2.90. The Morgan fingerprint density at radius 3 is 2.59 bits per heavy atom. The number of ether oxygens (including phenoxy) is 1. The van der Waals surface area contributed by atoms with Crippen LogP contribution in [0.5, 0.6) is 0 Å². The van der Waals surface area contributed by atoms with Gasteiger partial charge in [-0.25, -0.2) is 18.0 Å². The highest BCUT2D eigenvalue weighted by Crippen LogP contribution is 2.33. The number of hydrogen-bond acceptors (Lipinski definition) is 4. The molecule has 0 aliphatic carbocycles. The molecule has 114 valence electrons. The second-order valence-electron chi connectivity index (χ2n) is 4.10. The third kappa shape index (κ3) is 2.31. The molecule has 0 fully saturated rings. The normalized spacial score (nSPS) is 10.4. The number of esters is 1. The van der Waals surface area contributed by atoms with Crippen molar-refractivity contribution in [3.63, 3.8) is 0 Å². The van der Waals surface area contributed by atoms with Gasteiger partial charge in [0.15, 0.2) is 23.1 Å². The Morgan fingerprint density at radius 2 is 2.05 bits per heavy atom. The topological polar surface area (TPSA) is 81.0 Å². The minimum atomic E-state index is -1.41. The molecule has 0 spiro atoms. The minimum absolute atomic E-state index is 0.142. The molecule has 0 saturated heterocycles. The fourth-order valence-corrected chi connectivity index (χ4v) is 2.44. The maximum atomic E-state index is 14.0. The minimum Gasteiger partial charge on any atom is -0.464 e. The SMILES string of the molecule is COC(=O)c1c(N)c(C#N)cn1-c1c(F)cc(F)c(F)c1Br. The van der Waals surface area contributed by atoms with Gasteiger partial charge in [0.2, 0.25) is 0 Å². The number of carbonyl (C=O) groups is 1. The lowest BCUT2D eigenvalue weighted by Crippen LogP contribution is -2.13. The highest BCUT2D eigenvalue weighted by atomic mass is 79.9. The number of nitriles is 1. The van der Waals surface area contributed by atoms with Crippen molar-refractivity contribution in [1.29, 1.82) is 5.26 Å². The molecule has 1 aromatic carbocycles. The molecule has 0 aliphatic rings. The maximum Gasteiger partial charge on any atom is 0.357 e. The summed E-state index contributed by atoms with van der Waals surface area (Å²) in [5, 5.41) is 8.96. The first-order valence-corrected chi connectivity index (χ1v) is 6.45. The van der Waals surface area contributed by atoms with Crippen molar-refractivity contribution in [2.45, 2.75) is 0 Å². The van der Waals surface area contributed by atoms with Crippen LogP contribution in [0.3, 0.4) is 0 Å². The lowest BCUT2D eigenvalue weighted by atomic mass is 10.2. The van der Waals surface area contributed by atoms with Gasteiger partial charge in [-0.15, -0.1) is 0 Å². The van der Waals surface area contributed by atoms with Gasteiger partial charge in [-0.2, -0.15) is 5.26 Å². The Kier molecular flexibility index (Phi) is 4.14. The molecule has 0 saturated carbocycles. The summed E-state index contributed by atoms with van der Waals surface area (Å²) in [6, 6.07) is 2.03. The number of methoxy groups -OCH3 is 1. The number of halogens is 4. The van der Waals surface area contributed by atoms with Crippen LogP contribution in [0.4, 0.5) is 18.9 Å². The molecule has 1 heterocycles. The van der Waals surface area contributed by atoms with Crippen LogP contribution < -0.4 is 5.73 Å². The molecule has 5 nitrogen and oxygen atoms in total. The molecule has 0 unspecified atom stereocenters. The van der Waals surface area contributed by atoms with E-state index in [2.05, 4.69) is 20.7 Å². The summed E-state index contributed by atoms with van der Waals surface area (Å²) >= 11 is 2.73. The van der Waals surface area contributed by atoms with E-state index in [0.717, 1.165) is 17.9 Å².